The summed E-state index contributed by atoms with van der Waals surface area (Å²) in [5.74, 6) is 1.43. The lowest BCUT2D eigenvalue weighted by atomic mass is 9.78. The van der Waals surface area contributed by atoms with Crippen LogP contribution in [0.15, 0.2) is 30.3 Å². The van der Waals surface area contributed by atoms with Crippen LogP contribution in [0, 0.1) is 11.8 Å². The molecular formula is C23H32N2O2. The first-order valence-electron chi connectivity index (χ1n) is 10.8. The lowest BCUT2D eigenvalue weighted by Gasteiger charge is -2.45. The number of benzene rings is 1. The van der Waals surface area contributed by atoms with Gasteiger partial charge in [0.25, 0.3) is 0 Å². The first-order valence-corrected chi connectivity index (χ1v) is 10.8. The zero-order chi connectivity index (χ0) is 18.6. The van der Waals surface area contributed by atoms with Crippen LogP contribution in [0.2, 0.25) is 0 Å². The van der Waals surface area contributed by atoms with Crippen LogP contribution in [0.5, 0.6) is 0 Å². The molecule has 0 aromatic heterocycles. The fourth-order valence-corrected chi connectivity index (χ4v) is 5.41. The zero-order valence-electron chi connectivity index (χ0n) is 16.3. The SMILES string of the molecule is O=C(c1ccccc1)C1CCN(CC(=O)N2CCCC3CCCCC32)CC1. The molecular weight excluding hydrogens is 336 g/mol. The van der Waals surface area contributed by atoms with Gasteiger partial charge in [-0.15, -0.1) is 0 Å². The van der Waals surface area contributed by atoms with Gasteiger partial charge in [-0.2, -0.15) is 0 Å². The maximum atomic E-state index is 13.0. The van der Waals surface area contributed by atoms with Crippen molar-refractivity contribution in [3.8, 4) is 0 Å². The number of ketones is 1. The van der Waals surface area contributed by atoms with Crippen LogP contribution in [0.3, 0.4) is 0 Å². The molecule has 2 aliphatic heterocycles. The van der Waals surface area contributed by atoms with Crippen LogP contribution in [-0.2, 0) is 4.79 Å². The molecule has 0 bridgehead atoms. The average Bonchev–Trinajstić information content (AvgIpc) is 2.74. The van der Waals surface area contributed by atoms with E-state index in [0.29, 0.717) is 18.5 Å². The van der Waals surface area contributed by atoms with Crippen LogP contribution >= 0.6 is 0 Å². The number of carbonyl (C=O) groups is 2. The topological polar surface area (TPSA) is 40.6 Å². The Morgan fingerprint density at radius 3 is 2.33 bits per heavy atom. The lowest BCUT2D eigenvalue weighted by Crippen LogP contribution is -2.53. The molecule has 3 aliphatic rings. The largest absolute Gasteiger partial charge is 0.338 e. The van der Waals surface area contributed by atoms with Crippen LogP contribution in [-0.4, -0.2) is 53.7 Å². The van der Waals surface area contributed by atoms with Gasteiger partial charge < -0.3 is 4.90 Å². The van der Waals surface area contributed by atoms with Gasteiger partial charge in [-0.25, -0.2) is 0 Å². The van der Waals surface area contributed by atoms with Gasteiger partial charge in [0.05, 0.1) is 6.54 Å². The molecule has 3 fully saturated rings. The first-order chi connectivity index (χ1) is 13.2. The summed E-state index contributed by atoms with van der Waals surface area (Å²) >= 11 is 0. The highest BCUT2D eigenvalue weighted by molar-refractivity contribution is 5.97. The minimum atomic E-state index is 0.108. The van der Waals surface area contributed by atoms with Gasteiger partial charge in [-0.1, -0.05) is 43.2 Å². The van der Waals surface area contributed by atoms with Crippen LogP contribution in [0.25, 0.3) is 0 Å². The number of fused-ring (bicyclic) bond motifs is 1. The number of rotatable bonds is 4. The van der Waals surface area contributed by atoms with Crippen molar-refractivity contribution in [1.29, 1.82) is 0 Å². The van der Waals surface area contributed by atoms with E-state index in [1.807, 2.05) is 30.3 Å². The highest BCUT2D eigenvalue weighted by Gasteiger charge is 2.36. The number of carbonyl (C=O) groups excluding carboxylic acids is 2. The number of Topliss-reactive ketones (excluding diaryl/α,β-unsaturated/α-hetero) is 1. The number of hydrogen-bond donors (Lipinski definition) is 0. The molecule has 1 saturated carbocycles. The Morgan fingerprint density at radius 1 is 0.852 bits per heavy atom. The summed E-state index contributed by atoms with van der Waals surface area (Å²) in [6.07, 6.45) is 9.33. The Labute approximate surface area is 162 Å². The molecule has 2 heterocycles. The van der Waals surface area contributed by atoms with Crippen LogP contribution in [0.4, 0.5) is 0 Å². The molecule has 27 heavy (non-hydrogen) atoms. The summed E-state index contributed by atoms with van der Waals surface area (Å²) in [5.41, 5.74) is 0.823. The van der Waals surface area contributed by atoms with Crippen molar-refractivity contribution in [2.75, 3.05) is 26.2 Å². The van der Waals surface area contributed by atoms with Crippen LogP contribution in [0.1, 0.15) is 61.7 Å². The van der Waals surface area contributed by atoms with Gasteiger partial charge in [0, 0.05) is 24.1 Å². The van der Waals surface area contributed by atoms with E-state index in [2.05, 4.69) is 9.80 Å². The van der Waals surface area contributed by atoms with Crippen molar-refractivity contribution >= 4 is 11.7 Å². The number of amides is 1. The third-order valence-corrected chi connectivity index (χ3v) is 6.94. The van der Waals surface area contributed by atoms with E-state index in [0.717, 1.165) is 44.0 Å². The standard InChI is InChI=1S/C23H32N2O2/c26-22(25-14-6-10-18-7-4-5-11-21(18)25)17-24-15-12-20(13-16-24)23(27)19-8-2-1-3-9-19/h1-3,8-9,18,20-21H,4-7,10-17H2. The molecule has 146 valence electrons. The fraction of sp³-hybridized carbons (Fsp3) is 0.652. The Bertz CT molecular complexity index is 650. The number of nitrogens with zero attached hydrogens (tertiary/aromatic N) is 2. The van der Waals surface area contributed by atoms with E-state index in [1.54, 1.807) is 0 Å². The van der Waals surface area contributed by atoms with E-state index in [4.69, 9.17) is 0 Å². The highest BCUT2D eigenvalue weighted by Crippen LogP contribution is 2.35. The summed E-state index contributed by atoms with van der Waals surface area (Å²) < 4.78 is 0. The summed E-state index contributed by atoms with van der Waals surface area (Å²) in [6, 6.07) is 10.1. The molecule has 1 aromatic carbocycles. The van der Waals surface area contributed by atoms with E-state index in [9.17, 15) is 9.59 Å². The minimum Gasteiger partial charge on any atom is -0.338 e. The maximum Gasteiger partial charge on any atom is 0.237 e. The smallest absolute Gasteiger partial charge is 0.237 e. The molecule has 2 unspecified atom stereocenters. The van der Waals surface area contributed by atoms with Gasteiger partial charge in [0.1, 0.15) is 0 Å². The van der Waals surface area contributed by atoms with Crippen molar-refractivity contribution in [3.63, 3.8) is 0 Å². The average molecular weight is 369 g/mol. The second-order valence-electron chi connectivity index (χ2n) is 8.62. The number of piperidine rings is 2. The molecule has 4 rings (SSSR count). The Morgan fingerprint density at radius 2 is 1.56 bits per heavy atom. The molecule has 0 spiro atoms. The quantitative estimate of drug-likeness (QED) is 0.760. The highest BCUT2D eigenvalue weighted by atomic mass is 16.2. The Kier molecular flexibility index (Phi) is 5.92. The maximum absolute atomic E-state index is 13.0. The fourth-order valence-electron chi connectivity index (χ4n) is 5.41. The molecule has 1 amide bonds. The van der Waals surface area contributed by atoms with Gasteiger partial charge in [0.2, 0.25) is 5.91 Å². The Hall–Kier alpha value is -1.68. The number of likely N-dealkylation sites (tertiary alicyclic amines) is 2. The third kappa shape index (κ3) is 4.26. The van der Waals surface area contributed by atoms with E-state index >= 15 is 0 Å². The summed E-state index contributed by atoms with van der Waals surface area (Å²) in [4.78, 5) is 30.1. The third-order valence-electron chi connectivity index (χ3n) is 6.94. The molecule has 1 aromatic rings. The van der Waals surface area contributed by atoms with E-state index in [-0.39, 0.29) is 11.7 Å². The molecule has 0 radical (unpaired) electrons. The van der Waals surface area contributed by atoms with E-state index < -0.39 is 0 Å². The molecule has 2 atom stereocenters. The summed E-state index contributed by atoms with van der Waals surface area (Å²) in [6.45, 7) is 3.20. The molecule has 4 nitrogen and oxygen atoms in total. The van der Waals surface area contributed by atoms with Crippen LogP contribution < -0.4 is 0 Å². The van der Waals surface area contributed by atoms with Gasteiger partial charge in [0.15, 0.2) is 5.78 Å². The summed E-state index contributed by atoms with van der Waals surface area (Å²) in [5, 5.41) is 0. The molecule has 1 aliphatic carbocycles. The second-order valence-corrected chi connectivity index (χ2v) is 8.62. The van der Waals surface area contributed by atoms with E-state index in [1.165, 1.54) is 38.5 Å². The summed E-state index contributed by atoms with van der Waals surface area (Å²) in [7, 11) is 0. The van der Waals surface area contributed by atoms with Crippen molar-refractivity contribution in [3.05, 3.63) is 35.9 Å². The molecule has 2 saturated heterocycles. The first kappa shape index (κ1) is 18.7. The van der Waals surface area contributed by atoms with Gasteiger partial charge in [-0.05, 0) is 57.5 Å². The second kappa shape index (κ2) is 8.55. The predicted octanol–water partition coefficient (Wildman–Crippen LogP) is 3.76. The number of hydrogen-bond acceptors (Lipinski definition) is 3. The van der Waals surface area contributed by atoms with Crippen molar-refractivity contribution < 1.29 is 9.59 Å². The zero-order valence-corrected chi connectivity index (χ0v) is 16.3. The van der Waals surface area contributed by atoms with Crippen molar-refractivity contribution in [1.82, 2.24) is 9.80 Å². The predicted molar refractivity (Wildman–Crippen MR) is 107 cm³/mol. The van der Waals surface area contributed by atoms with Gasteiger partial charge >= 0.3 is 0 Å². The lowest BCUT2D eigenvalue weighted by molar-refractivity contribution is -0.139. The monoisotopic (exact) mass is 368 g/mol. The Balaban J connectivity index is 1.29. The molecule has 4 heteroatoms. The van der Waals surface area contributed by atoms with Gasteiger partial charge in [-0.3, -0.25) is 14.5 Å². The molecule has 0 N–H and O–H groups in total. The normalized spacial score (nSPS) is 27.2. The van der Waals surface area contributed by atoms with Crippen molar-refractivity contribution in [2.45, 2.75) is 57.4 Å². The minimum absolute atomic E-state index is 0.108. The van der Waals surface area contributed by atoms with Crippen molar-refractivity contribution in [2.24, 2.45) is 11.8 Å².